The molecule has 1 saturated heterocycles. The van der Waals surface area contributed by atoms with Gasteiger partial charge in [-0.15, -0.1) is 0 Å². The maximum absolute atomic E-state index is 12.5. The lowest BCUT2D eigenvalue weighted by molar-refractivity contribution is -0.258. The Morgan fingerprint density at radius 3 is 2.69 bits per heavy atom. The fourth-order valence-electron chi connectivity index (χ4n) is 9.72. The number of carbonyl (C=O) groups is 2. The molecule has 1 aliphatic heterocycles. The molecule has 0 aromatic heterocycles. The number of ether oxygens (including phenoxy) is 3. The van der Waals surface area contributed by atoms with Gasteiger partial charge >= 0.3 is 5.97 Å². The summed E-state index contributed by atoms with van der Waals surface area (Å²) in [6, 6.07) is 0. The number of methoxy groups -OCH3 is 1. The summed E-state index contributed by atoms with van der Waals surface area (Å²) < 4.78 is 17.8. The summed E-state index contributed by atoms with van der Waals surface area (Å²) >= 11 is 0. The Kier molecular flexibility index (Phi) is 7.61. The molecule has 1 heterocycles. The van der Waals surface area contributed by atoms with Gasteiger partial charge in [0.2, 0.25) is 0 Å². The SMILES string of the molecule is COC(=O)CCC(C)C1CCC2C3C(C[C@H](O)[C@]12C)[C@@]1(C)CCC(=O)CC1C[C@H]3OC1CCCCO1. The number of ketones is 1. The summed E-state index contributed by atoms with van der Waals surface area (Å²) in [4.78, 5) is 24.4. The molecule has 6 heteroatoms. The molecular weight excluding hydrogens is 456 g/mol. The molecule has 6 nitrogen and oxygen atoms in total. The van der Waals surface area contributed by atoms with Crippen molar-refractivity contribution in [1.82, 2.24) is 0 Å². The van der Waals surface area contributed by atoms with Crippen LogP contribution in [0.2, 0.25) is 0 Å². The first-order chi connectivity index (χ1) is 17.2. The van der Waals surface area contributed by atoms with Crippen LogP contribution in [0.15, 0.2) is 0 Å². The van der Waals surface area contributed by atoms with Crippen molar-refractivity contribution >= 4 is 11.8 Å². The van der Waals surface area contributed by atoms with Crippen molar-refractivity contribution in [1.29, 1.82) is 0 Å². The lowest BCUT2D eigenvalue weighted by Gasteiger charge is -2.63. The first-order valence-corrected chi connectivity index (χ1v) is 14.7. The summed E-state index contributed by atoms with van der Waals surface area (Å²) in [5.74, 6) is 2.46. The van der Waals surface area contributed by atoms with Crippen molar-refractivity contribution in [3.05, 3.63) is 0 Å². The highest BCUT2D eigenvalue weighted by Crippen LogP contribution is 2.68. The van der Waals surface area contributed by atoms with Crippen LogP contribution in [-0.2, 0) is 23.8 Å². The van der Waals surface area contributed by atoms with Gasteiger partial charge in [0, 0.05) is 25.9 Å². The highest BCUT2D eigenvalue weighted by Gasteiger charge is 2.66. The maximum atomic E-state index is 12.5. The van der Waals surface area contributed by atoms with Crippen LogP contribution in [0.4, 0.5) is 0 Å². The molecule has 11 atom stereocenters. The number of carbonyl (C=O) groups excluding carboxylic acids is 2. The second kappa shape index (κ2) is 10.3. The van der Waals surface area contributed by atoms with E-state index in [2.05, 4.69) is 20.8 Å². The van der Waals surface area contributed by atoms with E-state index in [1.54, 1.807) is 0 Å². The standard InChI is InChI=1S/C30H48O6/c1-18(8-11-26(33)34-4)21-9-10-22-28-23(17-25(32)30(21,22)3)29(2)13-12-20(31)15-19(29)16-24(28)36-27-7-5-6-14-35-27/h18-19,21-25,27-28,32H,5-17H2,1-4H3/t18?,19?,21?,22?,23?,24-,25+,27?,28?,29+,30-/m1/s1. The van der Waals surface area contributed by atoms with E-state index in [9.17, 15) is 14.7 Å². The molecule has 0 spiro atoms. The molecule has 36 heavy (non-hydrogen) atoms. The zero-order valence-electron chi connectivity index (χ0n) is 22.9. The number of Topliss-reactive ketones (excluding diaryl/α,β-unsaturated/α-hetero) is 1. The van der Waals surface area contributed by atoms with E-state index >= 15 is 0 Å². The fraction of sp³-hybridized carbons (Fsp3) is 0.933. The van der Waals surface area contributed by atoms with Gasteiger partial charge in [-0.05, 0) is 104 Å². The summed E-state index contributed by atoms with van der Waals surface area (Å²) in [7, 11) is 1.46. The van der Waals surface area contributed by atoms with Crippen molar-refractivity contribution in [2.75, 3.05) is 13.7 Å². The molecule has 7 unspecified atom stereocenters. The molecule has 5 fully saturated rings. The number of fused-ring (bicyclic) bond motifs is 5. The zero-order valence-corrected chi connectivity index (χ0v) is 22.9. The average Bonchev–Trinajstić information content (AvgIpc) is 3.23. The molecule has 204 valence electrons. The summed E-state index contributed by atoms with van der Waals surface area (Å²) in [5.41, 5.74) is -0.0951. The largest absolute Gasteiger partial charge is 0.469 e. The highest BCUT2D eigenvalue weighted by atomic mass is 16.7. The number of hydrogen-bond acceptors (Lipinski definition) is 6. The van der Waals surface area contributed by atoms with Gasteiger partial charge in [0.1, 0.15) is 5.78 Å². The van der Waals surface area contributed by atoms with Crippen molar-refractivity contribution in [2.45, 2.75) is 116 Å². The minimum atomic E-state index is -0.364. The molecule has 4 aliphatic carbocycles. The Labute approximate surface area is 217 Å². The second-order valence-corrected chi connectivity index (χ2v) is 13.3. The Balaban J connectivity index is 1.44. The third-order valence-electron chi connectivity index (χ3n) is 11.8. The third kappa shape index (κ3) is 4.47. The van der Waals surface area contributed by atoms with Gasteiger partial charge in [-0.2, -0.15) is 0 Å². The Morgan fingerprint density at radius 1 is 1.17 bits per heavy atom. The fourth-order valence-corrected chi connectivity index (χ4v) is 9.72. The number of esters is 1. The van der Waals surface area contributed by atoms with Crippen LogP contribution in [0.25, 0.3) is 0 Å². The zero-order chi connectivity index (χ0) is 25.7. The highest BCUT2D eigenvalue weighted by molar-refractivity contribution is 5.79. The average molecular weight is 505 g/mol. The first kappa shape index (κ1) is 26.6. The van der Waals surface area contributed by atoms with Crippen molar-refractivity contribution in [3.63, 3.8) is 0 Å². The molecule has 0 amide bonds. The van der Waals surface area contributed by atoms with Crippen LogP contribution in [0.1, 0.15) is 97.8 Å². The van der Waals surface area contributed by atoms with E-state index in [1.807, 2.05) is 0 Å². The molecule has 0 bridgehead atoms. The first-order valence-electron chi connectivity index (χ1n) is 14.7. The molecule has 0 aromatic rings. The smallest absolute Gasteiger partial charge is 0.305 e. The van der Waals surface area contributed by atoms with E-state index in [4.69, 9.17) is 14.2 Å². The molecule has 0 radical (unpaired) electrons. The quantitative estimate of drug-likeness (QED) is 0.391. The van der Waals surface area contributed by atoms with E-state index in [0.29, 0.717) is 60.6 Å². The molecular formula is C30H48O6. The van der Waals surface area contributed by atoms with Crippen molar-refractivity contribution < 1.29 is 28.9 Å². The lowest BCUT2D eigenvalue weighted by atomic mass is 9.43. The van der Waals surface area contributed by atoms with Crippen LogP contribution in [0, 0.1) is 46.3 Å². The molecule has 0 aromatic carbocycles. The molecule has 5 aliphatic rings. The van der Waals surface area contributed by atoms with Gasteiger partial charge in [0.15, 0.2) is 6.29 Å². The van der Waals surface area contributed by atoms with E-state index in [-0.39, 0.29) is 35.3 Å². The van der Waals surface area contributed by atoms with Crippen LogP contribution in [0.5, 0.6) is 0 Å². The van der Waals surface area contributed by atoms with Gasteiger partial charge in [0.05, 0.1) is 19.3 Å². The molecule has 4 saturated carbocycles. The Morgan fingerprint density at radius 2 is 1.97 bits per heavy atom. The maximum Gasteiger partial charge on any atom is 0.305 e. The van der Waals surface area contributed by atoms with Gasteiger partial charge in [-0.1, -0.05) is 20.8 Å². The summed E-state index contributed by atoms with van der Waals surface area (Å²) in [5, 5.41) is 11.9. The van der Waals surface area contributed by atoms with Crippen LogP contribution >= 0.6 is 0 Å². The minimum Gasteiger partial charge on any atom is -0.469 e. The van der Waals surface area contributed by atoms with Crippen molar-refractivity contribution in [2.24, 2.45) is 46.3 Å². The van der Waals surface area contributed by atoms with Crippen LogP contribution in [0.3, 0.4) is 0 Å². The molecule has 5 rings (SSSR count). The van der Waals surface area contributed by atoms with Gasteiger partial charge in [-0.3, -0.25) is 9.59 Å². The van der Waals surface area contributed by atoms with Gasteiger partial charge in [-0.25, -0.2) is 0 Å². The lowest BCUT2D eigenvalue weighted by Crippen LogP contribution is -2.63. The summed E-state index contributed by atoms with van der Waals surface area (Å²) in [6.45, 7) is 7.77. The predicted octanol–water partition coefficient (Wildman–Crippen LogP) is 5.30. The monoisotopic (exact) mass is 504 g/mol. The van der Waals surface area contributed by atoms with Gasteiger partial charge < -0.3 is 19.3 Å². The van der Waals surface area contributed by atoms with Gasteiger partial charge in [0.25, 0.3) is 0 Å². The van der Waals surface area contributed by atoms with E-state index < -0.39 is 0 Å². The number of hydrogen-bond donors (Lipinski definition) is 1. The molecule has 1 N–H and O–H groups in total. The Hall–Kier alpha value is -0.980. The number of rotatable bonds is 6. The topological polar surface area (TPSA) is 82.1 Å². The van der Waals surface area contributed by atoms with Crippen LogP contribution < -0.4 is 0 Å². The number of aliphatic hydroxyl groups excluding tert-OH is 1. The van der Waals surface area contributed by atoms with E-state index in [1.165, 1.54) is 7.11 Å². The van der Waals surface area contributed by atoms with E-state index in [0.717, 1.165) is 64.4 Å². The number of aliphatic hydroxyl groups is 1. The minimum absolute atomic E-state index is 0.0861. The summed E-state index contributed by atoms with van der Waals surface area (Å²) in [6.07, 6.45) is 10.2. The normalized spacial score (nSPS) is 47.4. The predicted molar refractivity (Wildman–Crippen MR) is 136 cm³/mol. The Bertz CT molecular complexity index is 822. The van der Waals surface area contributed by atoms with Crippen LogP contribution in [-0.4, -0.2) is 49.1 Å². The third-order valence-corrected chi connectivity index (χ3v) is 11.8. The van der Waals surface area contributed by atoms with Crippen molar-refractivity contribution in [3.8, 4) is 0 Å². The second-order valence-electron chi connectivity index (χ2n) is 13.3.